The lowest BCUT2D eigenvalue weighted by Gasteiger charge is -2.15. The minimum Gasteiger partial charge on any atom is -0.497 e. The summed E-state index contributed by atoms with van der Waals surface area (Å²) >= 11 is 1.21. The zero-order valence-electron chi connectivity index (χ0n) is 16.0. The van der Waals surface area contributed by atoms with Crippen LogP contribution in [0, 0.1) is 5.82 Å². The van der Waals surface area contributed by atoms with E-state index in [1.165, 1.54) is 36.0 Å². The number of carbonyl (C=O) groups excluding carboxylic acids is 2. The fourth-order valence-corrected chi connectivity index (χ4v) is 3.91. The lowest BCUT2D eigenvalue weighted by Crippen LogP contribution is -2.32. The van der Waals surface area contributed by atoms with Crippen LogP contribution < -0.4 is 15.0 Å². The summed E-state index contributed by atoms with van der Waals surface area (Å²) in [5.41, 5.74) is 1.10. The molecule has 1 aliphatic rings. The van der Waals surface area contributed by atoms with E-state index in [0.717, 1.165) is 9.80 Å². The van der Waals surface area contributed by atoms with Crippen LogP contribution in [0.3, 0.4) is 0 Å². The van der Waals surface area contributed by atoms with Gasteiger partial charge in [0, 0.05) is 10.6 Å². The Morgan fingerprint density at radius 1 is 0.867 bits per heavy atom. The van der Waals surface area contributed by atoms with Crippen LogP contribution in [-0.2, 0) is 9.59 Å². The van der Waals surface area contributed by atoms with Crippen LogP contribution in [-0.4, -0.2) is 18.9 Å². The van der Waals surface area contributed by atoms with Crippen LogP contribution in [0.1, 0.15) is 0 Å². The topological polar surface area (TPSA) is 58.6 Å². The number of carbonyl (C=O) groups is 2. The summed E-state index contributed by atoms with van der Waals surface area (Å²) < 4.78 is 18.4. The molecule has 150 valence electrons. The van der Waals surface area contributed by atoms with Crippen LogP contribution in [0.25, 0.3) is 0 Å². The van der Waals surface area contributed by atoms with E-state index in [1.807, 2.05) is 30.3 Å². The number of rotatable bonds is 6. The molecule has 0 bridgehead atoms. The third kappa shape index (κ3) is 3.92. The average Bonchev–Trinajstić information content (AvgIpc) is 3.00. The molecule has 4 rings (SSSR count). The molecule has 1 N–H and O–H groups in total. The Labute approximate surface area is 177 Å². The summed E-state index contributed by atoms with van der Waals surface area (Å²) in [4.78, 5) is 28.6. The molecule has 2 amide bonds. The Morgan fingerprint density at radius 3 is 2.17 bits per heavy atom. The maximum absolute atomic E-state index is 13.3. The number of benzene rings is 3. The molecule has 3 aromatic rings. The van der Waals surface area contributed by atoms with E-state index in [4.69, 9.17) is 4.74 Å². The van der Waals surface area contributed by atoms with Gasteiger partial charge in [-0.3, -0.25) is 9.59 Å². The highest BCUT2D eigenvalue weighted by Gasteiger charge is 2.40. The fraction of sp³-hybridized carbons (Fsp3) is 0.0435. The smallest absolute Gasteiger partial charge is 0.283 e. The number of ether oxygens (including phenoxy) is 1. The van der Waals surface area contributed by atoms with E-state index in [-0.39, 0.29) is 16.4 Å². The van der Waals surface area contributed by atoms with Crippen molar-refractivity contribution in [3.63, 3.8) is 0 Å². The number of anilines is 2. The molecule has 0 saturated heterocycles. The second kappa shape index (κ2) is 8.42. The molecule has 1 aliphatic heterocycles. The highest BCUT2D eigenvalue weighted by molar-refractivity contribution is 8.04. The van der Waals surface area contributed by atoms with Gasteiger partial charge in [0.25, 0.3) is 11.8 Å². The van der Waals surface area contributed by atoms with Gasteiger partial charge in [-0.2, -0.15) is 0 Å². The first-order chi connectivity index (χ1) is 14.6. The molecule has 0 saturated carbocycles. The van der Waals surface area contributed by atoms with Gasteiger partial charge in [-0.05, 0) is 60.7 Å². The first-order valence-corrected chi connectivity index (χ1v) is 9.91. The zero-order valence-corrected chi connectivity index (χ0v) is 16.8. The molecule has 0 aromatic heterocycles. The van der Waals surface area contributed by atoms with Crippen molar-refractivity contribution in [2.45, 2.75) is 4.90 Å². The van der Waals surface area contributed by atoms with Gasteiger partial charge < -0.3 is 10.1 Å². The van der Waals surface area contributed by atoms with Gasteiger partial charge in [0.1, 0.15) is 22.2 Å². The monoisotopic (exact) mass is 420 g/mol. The van der Waals surface area contributed by atoms with E-state index in [1.54, 1.807) is 31.4 Å². The van der Waals surface area contributed by atoms with Crippen LogP contribution in [0.5, 0.6) is 5.75 Å². The molecule has 1 heterocycles. The third-order valence-electron chi connectivity index (χ3n) is 4.45. The van der Waals surface area contributed by atoms with Gasteiger partial charge in [-0.25, -0.2) is 9.29 Å². The Hall–Kier alpha value is -3.58. The summed E-state index contributed by atoms with van der Waals surface area (Å²) in [6, 6.07) is 21.6. The summed E-state index contributed by atoms with van der Waals surface area (Å²) in [6.45, 7) is 0. The normalized spacial score (nSPS) is 13.7. The van der Waals surface area contributed by atoms with E-state index in [9.17, 15) is 14.0 Å². The predicted octanol–water partition coefficient (Wildman–Crippen LogP) is 4.82. The number of methoxy groups -OCH3 is 1. The Balaban J connectivity index is 1.72. The molecule has 3 aromatic carbocycles. The van der Waals surface area contributed by atoms with Gasteiger partial charge in [-0.1, -0.05) is 30.0 Å². The van der Waals surface area contributed by atoms with Crippen LogP contribution in [0.15, 0.2) is 94.4 Å². The van der Waals surface area contributed by atoms with Crippen molar-refractivity contribution in [3.05, 3.63) is 95.3 Å². The van der Waals surface area contributed by atoms with Gasteiger partial charge >= 0.3 is 0 Å². The number of nitrogens with zero attached hydrogens (tertiary/aromatic N) is 1. The molecular formula is C23H17FN2O3S. The fourth-order valence-electron chi connectivity index (χ4n) is 2.96. The van der Waals surface area contributed by atoms with E-state index in [0.29, 0.717) is 17.1 Å². The summed E-state index contributed by atoms with van der Waals surface area (Å²) in [5, 5.41) is 3.00. The number of thioether (sulfide) groups is 1. The van der Waals surface area contributed by atoms with Gasteiger partial charge in [0.15, 0.2) is 0 Å². The summed E-state index contributed by atoms with van der Waals surface area (Å²) in [6.07, 6.45) is 0. The van der Waals surface area contributed by atoms with Crippen molar-refractivity contribution in [2.24, 2.45) is 0 Å². The number of imide groups is 1. The maximum atomic E-state index is 13.3. The van der Waals surface area contributed by atoms with Gasteiger partial charge in [-0.15, -0.1) is 0 Å². The molecule has 0 fully saturated rings. The third-order valence-corrected chi connectivity index (χ3v) is 5.54. The van der Waals surface area contributed by atoms with Crippen LogP contribution >= 0.6 is 11.8 Å². The molecule has 0 radical (unpaired) electrons. The highest BCUT2D eigenvalue weighted by atomic mass is 32.2. The summed E-state index contributed by atoms with van der Waals surface area (Å²) in [7, 11) is 1.54. The van der Waals surface area contributed by atoms with Crippen molar-refractivity contribution >= 4 is 35.0 Å². The van der Waals surface area contributed by atoms with E-state index >= 15 is 0 Å². The SMILES string of the molecule is COc1ccc(N2C(=O)C(Nc3ccc(F)cc3)=C(Sc3ccccc3)C2=O)cc1. The van der Waals surface area contributed by atoms with E-state index in [2.05, 4.69) is 5.32 Å². The van der Waals surface area contributed by atoms with Crippen LogP contribution in [0.4, 0.5) is 15.8 Å². The molecule has 0 spiro atoms. The minimum absolute atomic E-state index is 0.149. The maximum Gasteiger partial charge on any atom is 0.283 e. The number of hydrogen-bond acceptors (Lipinski definition) is 5. The second-order valence-corrected chi connectivity index (χ2v) is 7.48. The minimum atomic E-state index is -0.479. The quantitative estimate of drug-likeness (QED) is 0.579. The molecular weight excluding hydrogens is 403 g/mol. The first kappa shape index (κ1) is 19.7. The number of hydrogen-bond donors (Lipinski definition) is 1. The molecule has 30 heavy (non-hydrogen) atoms. The highest BCUT2D eigenvalue weighted by Crippen LogP contribution is 2.38. The standard InChI is InChI=1S/C23H17FN2O3S/c1-29-18-13-11-17(12-14-18)26-22(27)20(25-16-9-7-15(24)8-10-16)21(23(26)28)30-19-5-3-2-4-6-19/h2-14,25H,1H3. The molecule has 0 aliphatic carbocycles. The molecule has 0 atom stereocenters. The largest absolute Gasteiger partial charge is 0.497 e. The lowest BCUT2D eigenvalue weighted by molar-refractivity contribution is -0.120. The van der Waals surface area contributed by atoms with Crippen LogP contribution in [0.2, 0.25) is 0 Å². The Bertz CT molecular complexity index is 1110. The predicted molar refractivity (Wildman–Crippen MR) is 115 cm³/mol. The van der Waals surface area contributed by atoms with E-state index < -0.39 is 11.8 Å². The van der Waals surface area contributed by atoms with Crippen molar-refractivity contribution < 1.29 is 18.7 Å². The number of amides is 2. The second-order valence-electron chi connectivity index (χ2n) is 6.39. The lowest BCUT2D eigenvalue weighted by atomic mass is 10.2. The van der Waals surface area contributed by atoms with Crippen molar-refractivity contribution in [1.29, 1.82) is 0 Å². The van der Waals surface area contributed by atoms with Crippen molar-refractivity contribution in [3.8, 4) is 5.75 Å². The van der Waals surface area contributed by atoms with Gasteiger partial charge in [0.2, 0.25) is 0 Å². The number of halogens is 1. The molecule has 7 heteroatoms. The number of nitrogens with one attached hydrogen (secondary N) is 1. The molecule has 0 unspecified atom stereocenters. The Kier molecular flexibility index (Phi) is 5.54. The zero-order chi connectivity index (χ0) is 21.1. The Morgan fingerprint density at radius 2 is 1.53 bits per heavy atom. The average molecular weight is 420 g/mol. The van der Waals surface area contributed by atoms with Crippen molar-refractivity contribution in [1.82, 2.24) is 0 Å². The molecule has 5 nitrogen and oxygen atoms in total. The van der Waals surface area contributed by atoms with Gasteiger partial charge in [0.05, 0.1) is 12.8 Å². The summed E-state index contributed by atoms with van der Waals surface area (Å²) in [5.74, 6) is -0.673. The first-order valence-electron chi connectivity index (χ1n) is 9.09. The van der Waals surface area contributed by atoms with Crippen molar-refractivity contribution in [2.75, 3.05) is 17.3 Å².